The summed E-state index contributed by atoms with van der Waals surface area (Å²) in [5.74, 6) is 1.04. The Balaban J connectivity index is 2.43. The lowest BCUT2D eigenvalue weighted by Crippen LogP contribution is -2.21. The SMILES string of the molecule is CNC1CCCc2c(OC)cccc21. The second kappa shape index (κ2) is 4.01. The summed E-state index contributed by atoms with van der Waals surface area (Å²) in [5.41, 5.74) is 2.80. The van der Waals surface area contributed by atoms with E-state index in [-0.39, 0.29) is 0 Å². The summed E-state index contributed by atoms with van der Waals surface area (Å²) in [6, 6.07) is 6.84. The van der Waals surface area contributed by atoms with Gasteiger partial charge in [0.2, 0.25) is 0 Å². The van der Waals surface area contributed by atoms with E-state index in [2.05, 4.69) is 23.5 Å². The molecule has 0 fully saturated rings. The number of methoxy groups -OCH3 is 1. The summed E-state index contributed by atoms with van der Waals surface area (Å²) < 4.78 is 5.38. The molecule has 0 amide bonds. The largest absolute Gasteiger partial charge is 0.496 e. The Bertz CT molecular complexity index is 322. The van der Waals surface area contributed by atoms with Crippen LogP contribution in [0.1, 0.15) is 30.0 Å². The number of ether oxygens (including phenoxy) is 1. The molecule has 0 radical (unpaired) electrons. The first-order valence-corrected chi connectivity index (χ1v) is 5.20. The molecule has 0 aromatic heterocycles. The Morgan fingerprint density at radius 2 is 2.29 bits per heavy atom. The predicted octanol–water partition coefficient (Wildman–Crippen LogP) is 2.29. The molecule has 2 heteroatoms. The molecule has 1 aliphatic carbocycles. The summed E-state index contributed by atoms with van der Waals surface area (Å²) >= 11 is 0. The highest BCUT2D eigenvalue weighted by Gasteiger charge is 2.20. The van der Waals surface area contributed by atoms with Gasteiger partial charge in [0, 0.05) is 6.04 Å². The van der Waals surface area contributed by atoms with Crippen LogP contribution < -0.4 is 10.1 Å². The zero-order valence-electron chi connectivity index (χ0n) is 8.84. The van der Waals surface area contributed by atoms with Crippen molar-refractivity contribution >= 4 is 0 Å². The molecule has 76 valence electrons. The zero-order chi connectivity index (χ0) is 9.97. The maximum absolute atomic E-state index is 5.38. The van der Waals surface area contributed by atoms with Gasteiger partial charge in [-0.1, -0.05) is 12.1 Å². The maximum Gasteiger partial charge on any atom is 0.122 e. The van der Waals surface area contributed by atoms with Gasteiger partial charge in [0.05, 0.1) is 7.11 Å². The average Bonchev–Trinajstić information content (AvgIpc) is 2.27. The lowest BCUT2D eigenvalue weighted by atomic mass is 9.87. The van der Waals surface area contributed by atoms with Crippen molar-refractivity contribution in [2.24, 2.45) is 0 Å². The van der Waals surface area contributed by atoms with Crippen LogP contribution >= 0.6 is 0 Å². The molecule has 1 aliphatic rings. The van der Waals surface area contributed by atoms with Gasteiger partial charge in [0.15, 0.2) is 0 Å². The zero-order valence-corrected chi connectivity index (χ0v) is 8.84. The van der Waals surface area contributed by atoms with Crippen LogP contribution in [0.25, 0.3) is 0 Å². The van der Waals surface area contributed by atoms with E-state index in [4.69, 9.17) is 4.74 Å². The molecule has 1 aromatic rings. The highest BCUT2D eigenvalue weighted by molar-refractivity contribution is 5.43. The van der Waals surface area contributed by atoms with Crippen molar-refractivity contribution in [1.29, 1.82) is 0 Å². The van der Waals surface area contributed by atoms with Crippen molar-refractivity contribution in [2.45, 2.75) is 25.3 Å². The monoisotopic (exact) mass is 191 g/mol. The summed E-state index contributed by atoms with van der Waals surface area (Å²) in [4.78, 5) is 0. The number of hydrogen-bond acceptors (Lipinski definition) is 2. The third kappa shape index (κ3) is 1.50. The molecule has 1 atom stereocenters. The molecule has 0 aliphatic heterocycles. The van der Waals surface area contributed by atoms with Gasteiger partial charge in [-0.3, -0.25) is 0 Å². The van der Waals surface area contributed by atoms with Gasteiger partial charge in [-0.2, -0.15) is 0 Å². The van der Waals surface area contributed by atoms with Crippen molar-refractivity contribution < 1.29 is 4.74 Å². The molecular weight excluding hydrogens is 174 g/mol. The number of fused-ring (bicyclic) bond motifs is 1. The fourth-order valence-electron chi connectivity index (χ4n) is 2.31. The molecule has 1 unspecified atom stereocenters. The molecule has 0 saturated carbocycles. The van der Waals surface area contributed by atoms with Crippen molar-refractivity contribution in [3.8, 4) is 5.75 Å². The molecule has 2 nitrogen and oxygen atoms in total. The van der Waals surface area contributed by atoms with E-state index < -0.39 is 0 Å². The Labute approximate surface area is 85.3 Å². The standard InChI is InChI=1S/C12H17NO/c1-13-11-7-3-6-10-9(11)5-4-8-12(10)14-2/h4-5,8,11,13H,3,6-7H2,1-2H3. The maximum atomic E-state index is 5.38. The van der Waals surface area contributed by atoms with E-state index in [0.717, 1.165) is 12.2 Å². The smallest absolute Gasteiger partial charge is 0.122 e. The lowest BCUT2D eigenvalue weighted by Gasteiger charge is -2.26. The minimum atomic E-state index is 0.508. The Morgan fingerprint density at radius 3 is 3.00 bits per heavy atom. The van der Waals surface area contributed by atoms with Crippen LogP contribution in [0.3, 0.4) is 0 Å². The summed E-state index contributed by atoms with van der Waals surface area (Å²) in [5, 5.41) is 3.36. The van der Waals surface area contributed by atoms with Crippen LogP contribution in [0.5, 0.6) is 5.75 Å². The quantitative estimate of drug-likeness (QED) is 0.774. The number of hydrogen-bond donors (Lipinski definition) is 1. The molecule has 0 spiro atoms. The van der Waals surface area contributed by atoms with Crippen LogP contribution in [0.2, 0.25) is 0 Å². The summed E-state index contributed by atoms with van der Waals surface area (Å²) in [7, 11) is 3.78. The molecule has 1 N–H and O–H groups in total. The van der Waals surface area contributed by atoms with Gasteiger partial charge in [-0.15, -0.1) is 0 Å². The molecule has 0 saturated heterocycles. The van der Waals surface area contributed by atoms with Crippen molar-refractivity contribution in [1.82, 2.24) is 5.32 Å². The Morgan fingerprint density at radius 1 is 1.43 bits per heavy atom. The topological polar surface area (TPSA) is 21.3 Å². The van der Waals surface area contributed by atoms with E-state index in [9.17, 15) is 0 Å². The first-order valence-electron chi connectivity index (χ1n) is 5.20. The second-order valence-electron chi connectivity index (χ2n) is 3.76. The van der Waals surface area contributed by atoms with Gasteiger partial charge in [0.1, 0.15) is 5.75 Å². The van der Waals surface area contributed by atoms with Crippen molar-refractivity contribution in [3.05, 3.63) is 29.3 Å². The van der Waals surface area contributed by atoms with Crippen molar-refractivity contribution in [2.75, 3.05) is 14.2 Å². The highest BCUT2D eigenvalue weighted by Crippen LogP contribution is 2.34. The number of rotatable bonds is 2. The fourth-order valence-corrected chi connectivity index (χ4v) is 2.31. The number of benzene rings is 1. The molecule has 0 heterocycles. The molecule has 2 rings (SSSR count). The highest BCUT2D eigenvalue weighted by atomic mass is 16.5. The minimum absolute atomic E-state index is 0.508. The first kappa shape index (κ1) is 9.53. The van der Waals surface area contributed by atoms with Gasteiger partial charge in [0.25, 0.3) is 0 Å². The fraction of sp³-hybridized carbons (Fsp3) is 0.500. The van der Waals surface area contributed by atoms with Crippen LogP contribution in [0.15, 0.2) is 18.2 Å². The number of nitrogens with one attached hydrogen (secondary N) is 1. The Kier molecular flexibility index (Phi) is 2.73. The first-order chi connectivity index (χ1) is 6.86. The van der Waals surface area contributed by atoms with Gasteiger partial charge in [-0.05, 0) is 43.5 Å². The average molecular weight is 191 g/mol. The van der Waals surface area contributed by atoms with Gasteiger partial charge in [-0.25, -0.2) is 0 Å². The van der Waals surface area contributed by atoms with Gasteiger partial charge < -0.3 is 10.1 Å². The predicted molar refractivity (Wildman–Crippen MR) is 57.7 cm³/mol. The van der Waals surface area contributed by atoms with Gasteiger partial charge >= 0.3 is 0 Å². The van der Waals surface area contributed by atoms with Crippen molar-refractivity contribution in [3.63, 3.8) is 0 Å². The van der Waals surface area contributed by atoms with Crippen LogP contribution in [-0.4, -0.2) is 14.2 Å². The second-order valence-corrected chi connectivity index (χ2v) is 3.76. The van der Waals surface area contributed by atoms with E-state index in [1.54, 1.807) is 7.11 Å². The van der Waals surface area contributed by atoms with E-state index in [1.165, 1.54) is 24.0 Å². The normalized spacial score (nSPS) is 20.3. The molecule has 0 bridgehead atoms. The van der Waals surface area contributed by atoms with E-state index >= 15 is 0 Å². The van der Waals surface area contributed by atoms with E-state index in [1.807, 2.05) is 7.05 Å². The third-order valence-corrected chi connectivity index (χ3v) is 3.03. The molecular formula is C12H17NO. The third-order valence-electron chi connectivity index (χ3n) is 3.03. The summed E-state index contributed by atoms with van der Waals surface area (Å²) in [6.45, 7) is 0. The van der Waals surface area contributed by atoms with Crippen LogP contribution in [-0.2, 0) is 6.42 Å². The molecule has 1 aromatic carbocycles. The van der Waals surface area contributed by atoms with Crippen LogP contribution in [0.4, 0.5) is 0 Å². The van der Waals surface area contributed by atoms with E-state index in [0.29, 0.717) is 6.04 Å². The lowest BCUT2D eigenvalue weighted by molar-refractivity contribution is 0.399. The molecule has 14 heavy (non-hydrogen) atoms. The minimum Gasteiger partial charge on any atom is -0.496 e. The Hall–Kier alpha value is -1.02. The van der Waals surface area contributed by atoms with Crippen LogP contribution in [0, 0.1) is 0 Å². The summed E-state index contributed by atoms with van der Waals surface area (Å²) in [6.07, 6.45) is 3.63.